The summed E-state index contributed by atoms with van der Waals surface area (Å²) in [5.41, 5.74) is 2.11. The van der Waals surface area contributed by atoms with Crippen LogP contribution in [0, 0.1) is 6.92 Å². The first-order valence-electron chi connectivity index (χ1n) is 5.43. The van der Waals surface area contributed by atoms with E-state index in [0.29, 0.717) is 4.90 Å². The van der Waals surface area contributed by atoms with Crippen molar-refractivity contribution in [2.24, 2.45) is 0 Å². The lowest BCUT2D eigenvalue weighted by atomic mass is 10.2. The Morgan fingerprint density at radius 1 is 1.12 bits per heavy atom. The third kappa shape index (κ3) is 2.84. The van der Waals surface area contributed by atoms with E-state index in [1.165, 1.54) is 0 Å². The molecule has 3 nitrogen and oxygen atoms in total. The lowest BCUT2D eigenvalue weighted by molar-refractivity contribution is 0.580. The number of hydrogen-bond donors (Lipinski definition) is 1. The Morgan fingerprint density at radius 2 is 1.76 bits per heavy atom. The molecule has 17 heavy (non-hydrogen) atoms. The minimum atomic E-state index is -3.43. The van der Waals surface area contributed by atoms with E-state index in [-0.39, 0.29) is 6.04 Å². The van der Waals surface area contributed by atoms with Gasteiger partial charge in [-0.2, -0.15) is 0 Å². The van der Waals surface area contributed by atoms with E-state index in [2.05, 4.69) is 4.72 Å². The molecule has 0 amide bonds. The Bertz CT molecular complexity index is 568. The zero-order valence-corrected chi connectivity index (χ0v) is 10.7. The molecule has 1 atom stereocenters. The van der Waals surface area contributed by atoms with Gasteiger partial charge in [0.25, 0.3) is 0 Å². The monoisotopic (exact) mass is 249 g/mol. The van der Waals surface area contributed by atoms with Crippen LogP contribution < -0.4 is 4.72 Å². The van der Waals surface area contributed by atoms with Gasteiger partial charge in [-0.25, -0.2) is 13.1 Å². The Labute approximate surface area is 102 Å². The van der Waals surface area contributed by atoms with Gasteiger partial charge in [0.1, 0.15) is 0 Å². The van der Waals surface area contributed by atoms with Crippen molar-refractivity contribution in [1.29, 1.82) is 0 Å². The van der Waals surface area contributed by atoms with Crippen molar-refractivity contribution in [3.8, 4) is 0 Å². The Balaban J connectivity index is 2.20. The van der Waals surface area contributed by atoms with Crippen LogP contribution in [0.25, 0.3) is 0 Å². The van der Waals surface area contributed by atoms with Crippen molar-refractivity contribution in [2.75, 3.05) is 0 Å². The maximum atomic E-state index is 12.0. The van der Waals surface area contributed by atoms with Crippen molar-refractivity contribution < 1.29 is 8.42 Å². The summed E-state index contributed by atoms with van der Waals surface area (Å²) in [6.07, 6.45) is 5.62. The second kappa shape index (κ2) is 4.47. The summed E-state index contributed by atoms with van der Waals surface area (Å²) in [5.74, 6) is 0. The molecule has 1 aromatic carbocycles. The van der Waals surface area contributed by atoms with Crippen LogP contribution in [0.2, 0.25) is 0 Å². The van der Waals surface area contributed by atoms with Gasteiger partial charge >= 0.3 is 0 Å². The van der Waals surface area contributed by atoms with Crippen molar-refractivity contribution in [2.45, 2.75) is 24.8 Å². The van der Waals surface area contributed by atoms with Crippen LogP contribution >= 0.6 is 0 Å². The van der Waals surface area contributed by atoms with Gasteiger partial charge in [0.15, 0.2) is 0 Å². The van der Waals surface area contributed by atoms with Crippen molar-refractivity contribution in [1.82, 2.24) is 4.72 Å². The summed E-state index contributed by atoms with van der Waals surface area (Å²) in [7, 11) is -3.43. The Morgan fingerprint density at radius 3 is 2.29 bits per heavy atom. The fourth-order valence-electron chi connectivity index (χ4n) is 1.69. The molecule has 1 aliphatic rings. The molecule has 0 bridgehead atoms. The molecule has 1 aromatic rings. The van der Waals surface area contributed by atoms with Crippen LogP contribution in [-0.4, -0.2) is 14.5 Å². The van der Waals surface area contributed by atoms with Crippen molar-refractivity contribution in [3.63, 3.8) is 0 Å². The molecule has 4 heteroatoms. The number of sulfonamides is 1. The van der Waals surface area contributed by atoms with Crippen molar-refractivity contribution >= 4 is 10.0 Å². The fraction of sp³-hybridized carbons (Fsp3) is 0.231. The molecule has 0 spiro atoms. The van der Waals surface area contributed by atoms with Crippen LogP contribution in [0.3, 0.4) is 0 Å². The van der Waals surface area contributed by atoms with E-state index in [9.17, 15) is 8.42 Å². The van der Waals surface area contributed by atoms with Gasteiger partial charge in [0.2, 0.25) is 10.0 Å². The first-order valence-corrected chi connectivity index (χ1v) is 6.91. The number of allylic oxidation sites excluding steroid dienone is 2. The smallest absolute Gasteiger partial charge is 0.207 e. The normalized spacial score (nSPS) is 19.4. The van der Waals surface area contributed by atoms with Gasteiger partial charge in [-0.3, -0.25) is 0 Å². The maximum absolute atomic E-state index is 12.0. The van der Waals surface area contributed by atoms with E-state index in [1.807, 2.05) is 32.1 Å². The van der Waals surface area contributed by atoms with E-state index >= 15 is 0 Å². The minimum absolute atomic E-state index is 0.235. The SMILES string of the molecule is CC1=CC(NS(=O)(=O)c2ccc(C)cc2)C=C1. The number of aryl methyl sites for hydroxylation is 1. The van der Waals surface area contributed by atoms with Crippen LogP contribution in [0.1, 0.15) is 12.5 Å². The van der Waals surface area contributed by atoms with Crippen LogP contribution in [-0.2, 0) is 10.0 Å². The second-order valence-electron chi connectivity index (χ2n) is 4.23. The van der Waals surface area contributed by atoms with Gasteiger partial charge in [0, 0.05) is 0 Å². The van der Waals surface area contributed by atoms with Gasteiger partial charge in [-0.1, -0.05) is 41.5 Å². The first kappa shape index (κ1) is 12.1. The van der Waals surface area contributed by atoms with E-state index < -0.39 is 10.0 Å². The molecule has 2 rings (SSSR count). The fourth-order valence-corrected chi connectivity index (χ4v) is 2.82. The van der Waals surface area contributed by atoms with Gasteiger partial charge in [-0.15, -0.1) is 0 Å². The minimum Gasteiger partial charge on any atom is -0.207 e. The molecule has 0 radical (unpaired) electrons. The van der Waals surface area contributed by atoms with Crippen LogP contribution in [0.15, 0.2) is 53.0 Å². The van der Waals surface area contributed by atoms with Crippen LogP contribution in [0.4, 0.5) is 0 Å². The molecular formula is C13H15NO2S. The quantitative estimate of drug-likeness (QED) is 0.892. The summed E-state index contributed by atoms with van der Waals surface area (Å²) in [5, 5.41) is 0. The van der Waals surface area contributed by atoms with Crippen molar-refractivity contribution in [3.05, 3.63) is 53.6 Å². The summed E-state index contributed by atoms with van der Waals surface area (Å²) in [6.45, 7) is 3.87. The standard InChI is InChI=1S/C13H15NO2S/c1-10-4-7-13(8-5-10)17(15,16)14-12-6-3-11(2)9-12/h3-9,12,14H,1-2H3. The number of hydrogen-bond acceptors (Lipinski definition) is 2. The van der Waals surface area contributed by atoms with E-state index in [1.54, 1.807) is 24.3 Å². The average molecular weight is 249 g/mol. The number of benzene rings is 1. The lowest BCUT2D eigenvalue weighted by Crippen LogP contribution is -2.31. The zero-order chi connectivity index (χ0) is 12.5. The van der Waals surface area contributed by atoms with E-state index in [4.69, 9.17) is 0 Å². The lowest BCUT2D eigenvalue weighted by Gasteiger charge is -2.10. The molecule has 0 aromatic heterocycles. The molecule has 0 heterocycles. The van der Waals surface area contributed by atoms with Gasteiger partial charge in [0.05, 0.1) is 10.9 Å². The summed E-state index contributed by atoms with van der Waals surface area (Å²) in [4.78, 5) is 0.300. The highest BCUT2D eigenvalue weighted by Crippen LogP contribution is 2.14. The second-order valence-corrected chi connectivity index (χ2v) is 5.94. The summed E-state index contributed by atoms with van der Waals surface area (Å²) in [6, 6.07) is 6.58. The average Bonchev–Trinajstić information content (AvgIpc) is 2.63. The molecule has 1 aliphatic carbocycles. The first-order chi connectivity index (χ1) is 7.97. The highest BCUT2D eigenvalue weighted by molar-refractivity contribution is 7.89. The molecule has 90 valence electrons. The molecule has 0 fully saturated rings. The maximum Gasteiger partial charge on any atom is 0.241 e. The molecule has 0 saturated carbocycles. The largest absolute Gasteiger partial charge is 0.241 e. The molecule has 0 saturated heterocycles. The number of rotatable bonds is 3. The number of nitrogens with one attached hydrogen (secondary N) is 1. The summed E-state index contributed by atoms with van der Waals surface area (Å²) >= 11 is 0. The Kier molecular flexibility index (Phi) is 3.17. The van der Waals surface area contributed by atoms with Crippen LogP contribution in [0.5, 0.6) is 0 Å². The predicted molar refractivity (Wildman–Crippen MR) is 68.2 cm³/mol. The van der Waals surface area contributed by atoms with Gasteiger partial charge in [-0.05, 0) is 26.0 Å². The Hall–Kier alpha value is -1.39. The molecule has 1 N–H and O–H groups in total. The molecule has 1 unspecified atom stereocenters. The van der Waals surface area contributed by atoms with Gasteiger partial charge < -0.3 is 0 Å². The predicted octanol–water partition coefficient (Wildman–Crippen LogP) is 2.16. The highest BCUT2D eigenvalue weighted by atomic mass is 32.2. The molecular weight excluding hydrogens is 234 g/mol. The third-order valence-electron chi connectivity index (χ3n) is 2.63. The topological polar surface area (TPSA) is 46.2 Å². The molecule has 0 aliphatic heterocycles. The third-order valence-corrected chi connectivity index (χ3v) is 4.11. The zero-order valence-electron chi connectivity index (χ0n) is 9.84. The summed E-state index contributed by atoms with van der Waals surface area (Å²) < 4.78 is 26.7. The highest BCUT2D eigenvalue weighted by Gasteiger charge is 2.18. The van der Waals surface area contributed by atoms with E-state index in [0.717, 1.165) is 11.1 Å².